The number of amides is 2. The van der Waals surface area contributed by atoms with E-state index in [0.29, 0.717) is 27.9 Å². The van der Waals surface area contributed by atoms with Gasteiger partial charge in [0.15, 0.2) is 0 Å². The summed E-state index contributed by atoms with van der Waals surface area (Å²) >= 11 is 6.69. The van der Waals surface area contributed by atoms with E-state index < -0.39 is 11.7 Å². The second kappa shape index (κ2) is 9.33. The van der Waals surface area contributed by atoms with E-state index in [-0.39, 0.29) is 34.2 Å². The number of rotatable bonds is 5. The van der Waals surface area contributed by atoms with E-state index in [4.69, 9.17) is 11.6 Å². The van der Waals surface area contributed by atoms with E-state index >= 15 is 0 Å². The third-order valence-electron chi connectivity index (χ3n) is 6.14. The molecule has 11 heteroatoms. The van der Waals surface area contributed by atoms with Gasteiger partial charge >= 0.3 is 6.18 Å². The number of carbonyl (C=O) groups excluding carboxylic acids is 2. The molecule has 0 aliphatic carbocycles. The Morgan fingerprint density at radius 2 is 2.03 bits per heavy atom. The van der Waals surface area contributed by atoms with E-state index in [1.165, 1.54) is 21.7 Å². The normalized spacial score (nSPS) is 20.1. The number of thioether (sulfide) groups is 1. The molecule has 2 amide bonds. The summed E-state index contributed by atoms with van der Waals surface area (Å²) in [6, 6.07) is 8.97. The number of fused-ring (bicyclic) bond motifs is 1. The maximum Gasteiger partial charge on any atom is 0.416 e. The van der Waals surface area contributed by atoms with E-state index in [9.17, 15) is 22.8 Å². The van der Waals surface area contributed by atoms with Crippen molar-refractivity contribution >= 4 is 51.5 Å². The van der Waals surface area contributed by atoms with Gasteiger partial charge in [-0.2, -0.15) is 18.3 Å². The highest BCUT2D eigenvalue weighted by molar-refractivity contribution is 8.18. The second-order valence-corrected chi connectivity index (χ2v) is 10.0. The Balaban J connectivity index is 1.37. The molecule has 1 N–H and O–H groups in total. The van der Waals surface area contributed by atoms with E-state index in [2.05, 4.69) is 10.4 Å². The standard InChI is InChI=1S/C24H20ClF3N4O2S/c25-18-3-2-16(19(9-18)24(26,27)28)13-32-20-4-1-14(7-17(20)11-30-32)8-21-22(33)31(23(34)35-21)12-15-5-6-29-10-15/h1-4,7-9,11,15,29H,5-6,10,12-13H2/t15-/m1/s1. The highest BCUT2D eigenvalue weighted by Gasteiger charge is 2.37. The molecule has 0 unspecified atom stereocenters. The summed E-state index contributed by atoms with van der Waals surface area (Å²) in [4.78, 5) is 26.8. The Kier molecular flexibility index (Phi) is 6.37. The first-order valence-corrected chi connectivity index (χ1v) is 12.2. The summed E-state index contributed by atoms with van der Waals surface area (Å²) in [5.41, 5.74) is 0.608. The maximum atomic E-state index is 13.5. The first kappa shape index (κ1) is 23.9. The van der Waals surface area contributed by atoms with Gasteiger partial charge in [-0.1, -0.05) is 23.7 Å². The van der Waals surface area contributed by atoms with Crippen LogP contribution in [0.4, 0.5) is 18.0 Å². The number of hydrogen-bond donors (Lipinski definition) is 1. The van der Waals surface area contributed by atoms with Crippen LogP contribution in [0.3, 0.4) is 0 Å². The van der Waals surface area contributed by atoms with Crippen LogP contribution in [0.5, 0.6) is 0 Å². The van der Waals surface area contributed by atoms with Crippen LogP contribution in [-0.2, 0) is 17.5 Å². The molecule has 1 atom stereocenters. The fourth-order valence-electron chi connectivity index (χ4n) is 4.37. The molecule has 35 heavy (non-hydrogen) atoms. The van der Waals surface area contributed by atoms with E-state index in [1.54, 1.807) is 30.5 Å². The lowest BCUT2D eigenvalue weighted by molar-refractivity contribution is -0.138. The summed E-state index contributed by atoms with van der Waals surface area (Å²) in [6.07, 6.45) is -0.375. The molecule has 0 spiro atoms. The van der Waals surface area contributed by atoms with Crippen LogP contribution >= 0.6 is 23.4 Å². The van der Waals surface area contributed by atoms with Gasteiger partial charge in [0, 0.05) is 17.0 Å². The third kappa shape index (κ3) is 4.96. The van der Waals surface area contributed by atoms with E-state index in [1.807, 2.05) is 0 Å². The minimum Gasteiger partial charge on any atom is -0.316 e. The number of benzene rings is 2. The van der Waals surface area contributed by atoms with Crippen LogP contribution in [0.15, 0.2) is 47.5 Å². The van der Waals surface area contributed by atoms with Gasteiger partial charge < -0.3 is 5.32 Å². The summed E-state index contributed by atoms with van der Waals surface area (Å²) in [7, 11) is 0. The molecule has 2 saturated heterocycles. The smallest absolute Gasteiger partial charge is 0.316 e. The van der Waals surface area contributed by atoms with Crippen LogP contribution in [0.25, 0.3) is 17.0 Å². The molecular weight excluding hydrogens is 501 g/mol. The monoisotopic (exact) mass is 520 g/mol. The van der Waals surface area contributed by atoms with Gasteiger partial charge in [0.25, 0.3) is 11.1 Å². The average Bonchev–Trinajstić information content (AvgIpc) is 3.52. The van der Waals surface area contributed by atoms with Gasteiger partial charge in [-0.25, -0.2) is 0 Å². The van der Waals surface area contributed by atoms with Gasteiger partial charge in [0.1, 0.15) is 0 Å². The zero-order valence-electron chi connectivity index (χ0n) is 18.3. The van der Waals surface area contributed by atoms with E-state index in [0.717, 1.165) is 37.3 Å². The third-order valence-corrected chi connectivity index (χ3v) is 7.28. The Morgan fingerprint density at radius 3 is 2.77 bits per heavy atom. The number of nitrogens with zero attached hydrogens (tertiary/aromatic N) is 3. The number of hydrogen-bond acceptors (Lipinski definition) is 5. The Morgan fingerprint density at radius 1 is 1.20 bits per heavy atom. The molecule has 0 saturated carbocycles. The largest absolute Gasteiger partial charge is 0.416 e. The van der Waals surface area contributed by atoms with Crippen molar-refractivity contribution in [1.82, 2.24) is 20.0 Å². The Bertz CT molecular complexity index is 1350. The zero-order valence-corrected chi connectivity index (χ0v) is 19.9. The molecule has 0 bridgehead atoms. The lowest BCUT2D eigenvalue weighted by Gasteiger charge is -2.16. The second-order valence-electron chi connectivity index (χ2n) is 8.57. The molecule has 2 aliphatic heterocycles. The number of imide groups is 1. The summed E-state index contributed by atoms with van der Waals surface area (Å²) in [6.45, 7) is 2.01. The van der Waals surface area contributed by atoms with Crippen LogP contribution < -0.4 is 5.32 Å². The van der Waals surface area contributed by atoms with Crippen molar-refractivity contribution < 1.29 is 22.8 Å². The number of aromatic nitrogens is 2. The highest BCUT2D eigenvalue weighted by Crippen LogP contribution is 2.35. The maximum absolute atomic E-state index is 13.5. The average molecular weight is 521 g/mol. The number of alkyl halides is 3. The van der Waals surface area contributed by atoms with Gasteiger partial charge in [-0.05, 0) is 78.7 Å². The van der Waals surface area contributed by atoms with Crippen molar-refractivity contribution in [3.63, 3.8) is 0 Å². The molecule has 2 aromatic carbocycles. The highest BCUT2D eigenvalue weighted by atomic mass is 35.5. The van der Waals surface area contributed by atoms with Crippen molar-refractivity contribution in [2.75, 3.05) is 19.6 Å². The fraction of sp³-hybridized carbons (Fsp3) is 0.292. The predicted molar refractivity (Wildman–Crippen MR) is 129 cm³/mol. The van der Waals surface area contributed by atoms with Gasteiger partial charge in [0.05, 0.1) is 28.7 Å². The number of nitrogens with one attached hydrogen (secondary N) is 1. The number of halogens is 4. The van der Waals surface area contributed by atoms with Crippen molar-refractivity contribution in [2.24, 2.45) is 5.92 Å². The van der Waals surface area contributed by atoms with Crippen LogP contribution in [-0.4, -0.2) is 45.5 Å². The SMILES string of the molecule is O=C1SC(=Cc2ccc3c(cnn3Cc3ccc(Cl)cc3C(F)(F)F)c2)C(=O)N1C[C@@H]1CCNC1. The number of carbonyl (C=O) groups is 2. The summed E-state index contributed by atoms with van der Waals surface area (Å²) in [5, 5.41) is 7.94. The quantitative estimate of drug-likeness (QED) is 0.456. The van der Waals surface area contributed by atoms with Gasteiger partial charge in [-0.15, -0.1) is 0 Å². The topological polar surface area (TPSA) is 67.2 Å². The van der Waals surface area contributed by atoms with Crippen molar-refractivity contribution in [2.45, 2.75) is 19.1 Å². The van der Waals surface area contributed by atoms with Gasteiger partial charge in [0.2, 0.25) is 0 Å². The van der Waals surface area contributed by atoms with Gasteiger partial charge in [-0.3, -0.25) is 19.2 Å². The molecule has 182 valence electrons. The van der Waals surface area contributed by atoms with Crippen molar-refractivity contribution in [3.8, 4) is 0 Å². The zero-order chi connectivity index (χ0) is 24.7. The first-order chi connectivity index (χ1) is 16.7. The predicted octanol–water partition coefficient (Wildman–Crippen LogP) is 5.40. The molecule has 2 fully saturated rings. The molecule has 2 aliphatic rings. The van der Waals surface area contributed by atoms with Crippen molar-refractivity contribution in [3.05, 3.63) is 69.2 Å². The summed E-state index contributed by atoms with van der Waals surface area (Å²) in [5.74, 6) is -0.0337. The molecule has 3 aromatic rings. The molecular formula is C24H20ClF3N4O2S. The van der Waals surface area contributed by atoms with Crippen molar-refractivity contribution in [1.29, 1.82) is 0 Å². The molecule has 1 aromatic heterocycles. The fourth-order valence-corrected chi connectivity index (χ4v) is 5.39. The lowest BCUT2D eigenvalue weighted by atomic mass is 10.1. The Hall–Kier alpha value is -2.82. The van der Waals surface area contributed by atoms with Crippen LogP contribution in [0, 0.1) is 5.92 Å². The molecule has 3 heterocycles. The summed E-state index contributed by atoms with van der Waals surface area (Å²) < 4.78 is 41.9. The minimum atomic E-state index is -4.53. The minimum absolute atomic E-state index is 0.0142. The molecule has 6 nitrogen and oxygen atoms in total. The lowest BCUT2D eigenvalue weighted by Crippen LogP contribution is -2.34. The Labute approximate surface area is 208 Å². The molecule has 5 rings (SSSR count). The van der Waals surface area contributed by atoms with Crippen LogP contribution in [0.1, 0.15) is 23.1 Å². The van der Waals surface area contributed by atoms with Crippen LogP contribution in [0.2, 0.25) is 5.02 Å². The first-order valence-electron chi connectivity index (χ1n) is 11.0. The molecule has 0 radical (unpaired) electrons.